The third kappa shape index (κ3) is 3.14. The average molecular weight is 279 g/mol. The van der Waals surface area contributed by atoms with Crippen molar-refractivity contribution in [3.63, 3.8) is 0 Å². The van der Waals surface area contributed by atoms with Crippen molar-refractivity contribution < 1.29 is 9.13 Å². The van der Waals surface area contributed by atoms with Crippen LogP contribution in [0.4, 0.5) is 4.39 Å². The first-order chi connectivity index (χ1) is 9.27. The summed E-state index contributed by atoms with van der Waals surface area (Å²) in [6.07, 6.45) is 0.999. The summed E-state index contributed by atoms with van der Waals surface area (Å²) < 4.78 is 19.4. The number of nitrogens with one attached hydrogen (secondary N) is 1. The molecule has 19 heavy (non-hydrogen) atoms. The maximum absolute atomic E-state index is 14.0. The number of ether oxygens (including phenoxy) is 1. The van der Waals surface area contributed by atoms with E-state index in [4.69, 9.17) is 4.74 Å². The number of rotatable bonds is 6. The lowest BCUT2D eigenvalue weighted by atomic mass is 10.0. The fourth-order valence-electron chi connectivity index (χ4n) is 2.03. The molecule has 0 saturated carbocycles. The molecule has 0 radical (unpaired) electrons. The third-order valence-corrected chi connectivity index (χ3v) is 3.92. The SMILES string of the molecule is CCCNC(c1ccccc1F)c1sccc1OC. The summed E-state index contributed by atoms with van der Waals surface area (Å²) in [4.78, 5) is 1.01. The second-order valence-electron chi connectivity index (χ2n) is 4.26. The highest BCUT2D eigenvalue weighted by Gasteiger charge is 2.21. The Morgan fingerprint density at radius 2 is 2.11 bits per heavy atom. The largest absolute Gasteiger partial charge is 0.496 e. The van der Waals surface area contributed by atoms with Crippen molar-refractivity contribution in [2.24, 2.45) is 0 Å². The lowest BCUT2D eigenvalue weighted by Crippen LogP contribution is -2.23. The van der Waals surface area contributed by atoms with E-state index in [9.17, 15) is 4.39 Å². The van der Waals surface area contributed by atoms with Crippen LogP contribution in [-0.4, -0.2) is 13.7 Å². The molecule has 0 saturated heterocycles. The highest BCUT2D eigenvalue weighted by Crippen LogP contribution is 2.35. The Balaban J connectivity index is 2.39. The molecule has 0 aliphatic heterocycles. The fraction of sp³-hybridized carbons (Fsp3) is 0.333. The van der Waals surface area contributed by atoms with Gasteiger partial charge in [0.25, 0.3) is 0 Å². The Morgan fingerprint density at radius 3 is 2.79 bits per heavy atom. The summed E-state index contributed by atoms with van der Waals surface area (Å²) in [5.74, 6) is 0.619. The minimum atomic E-state index is -0.188. The van der Waals surface area contributed by atoms with Gasteiger partial charge >= 0.3 is 0 Å². The summed E-state index contributed by atoms with van der Waals surface area (Å²) in [6.45, 7) is 2.93. The van der Waals surface area contributed by atoms with Crippen molar-refractivity contribution in [3.05, 3.63) is 52.0 Å². The molecule has 0 amide bonds. The van der Waals surface area contributed by atoms with Crippen molar-refractivity contribution in [3.8, 4) is 5.75 Å². The van der Waals surface area contributed by atoms with Gasteiger partial charge in [-0.25, -0.2) is 4.39 Å². The minimum absolute atomic E-state index is 0.156. The maximum Gasteiger partial charge on any atom is 0.134 e. The second-order valence-corrected chi connectivity index (χ2v) is 5.21. The predicted octanol–water partition coefficient (Wildman–Crippen LogP) is 3.98. The predicted molar refractivity (Wildman–Crippen MR) is 77.4 cm³/mol. The van der Waals surface area contributed by atoms with Gasteiger partial charge < -0.3 is 10.1 Å². The van der Waals surface area contributed by atoms with Crippen molar-refractivity contribution in [1.29, 1.82) is 0 Å². The van der Waals surface area contributed by atoms with Crippen LogP contribution in [0.25, 0.3) is 0 Å². The Labute approximate surface area is 117 Å². The number of hydrogen-bond acceptors (Lipinski definition) is 3. The molecule has 1 unspecified atom stereocenters. The summed E-state index contributed by atoms with van der Waals surface area (Å²) in [7, 11) is 1.64. The molecule has 1 heterocycles. The summed E-state index contributed by atoms with van der Waals surface area (Å²) in [6, 6.07) is 8.65. The zero-order valence-electron chi connectivity index (χ0n) is 11.2. The molecule has 0 aliphatic rings. The molecule has 102 valence electrons. The van der Waals surface area contributed by atoms with E-state index < -0.39 is 0 Å². The van der Waals surface area contributed by atoms with Gasteiger partial charge in [0.2, 0.25) is 0 Å². The molecule has 1 aromatic carbocycles. The number of benzene rings is 1. The molecule has 2 rings (SSSR count). The third-order valence-electron chi connectivity index (χ3n) is 2.95. The lowest BCUT2D eigenvalue weighted by Gasteiger charge is -2.19. The second kappa shape index (κ2) is 6.68. The molecule has 4 heteroatoms. The monoisotopic (exact) mass is 279 g/mol. The van der Waals surface area contributed by atoms with E-state index in [-0.39, 0.29) is 11.9 Å². The molecular formula is C15H18FNOS. The van der Waals surface area contributed by atoms with Gasteiger partial charge in [-0.2, -0.15) is 0 Å². The lowest BCUT2D eigenvalue weighted by molar-refractivity contribution is 0.406. The van der Waals surface area contributed by atoms with E-state index >= 15 is 0 Å². The van der Waals surface area contributed by atoms with Crippen molar-refractivity contribution in [2.45, 2.75) is 19.4 Å². The smallest absolute Gasteiger partial charge is 0.134 e. The molecule has 0 bridgehead atoms. The molecule has 0 fully saturated rings. The summed E-state index contributed by atoms with van der Waals surface area (Å²) in [5, 5.41) is 5.36. The van der Waals surface area contributed by atoms with Gasteiger partial charge in [0.05, 0.1) is 18.0 Å². The molecule has 2 nitrogen and oxygen atoms in total. The van der Waals surface area contributed by atoms with Crippen LogP contribution in [-0.2, 0) is 0 Å². The standard InChI is InChI=1S/C15H18FNOS/c1-3-9-17-14(11-6-4-5-7-12(11)16)15-13(18-2)8-10-19-15/h4-8,10,14,17H,3,9H2,1-2H3. The normalized spacial score (nSPS) is 12.4. The van der Waals surface area contributed by atoms with Gasteiger partial charge in [-0.3, -0.25) is 0 Å². The Morgan fingerprint density at radius 1 is 1.32 bits per heavy atom. The molecule has 0 aliphatic carbocycles. The van der Waals surface area contributed by atoms with Crippen molar-refractivity contribution in [2.75, 3.05) is 13.7 Å². The van der Waals surface area contributed by atoms with E-state index in [0.717, 1.165) is 23.6 Å². The van der Waals surface area contributed by atoms with Crippen LogP contribution in [0.2, 0.25) is 0 Å². The van der Waals surface area contributed by atoms with E-state index in [0.29, 0.717) is 5.56 Å². The zero-order chi connectivity index (χ0) is 13.7. The van der Waals surface area contributed by atoms with Crippen LogP contribution in [0.15, 0.2) is 35.7 Å². The van der Waals surface area contributed by atoms with Crippen LogP contribution in [0.3, 0.4) is 0 Å². The van der Waals surface area contributed by atoms with E-state index in [2.05, 4.69) is 12.2 Å². The quantitative estimate of drug-likeness (QED) is 0.863. The van der Waals surface area contributed by atoms with E-state index in [1.54, 1.807) is 24.5 Å². The molecule has 2 aromatic rings. The Kier molecular flexibility index (Phi) is 4.93. The van der Waals surface area contributed by atoms with Gasteiger partial charge in [-0.15, -0.1) is 11.3 Å². The van der Waals surface area contributed by atoms with Crippen LogP contribution in [0.5, 0.6) is 5.75 Å². The Bertz CT molecular complexity index is 526. The van der Waals surface area contributed by atoms with Crippen LogP contribution in [0.1, 0.15) is 29.8 Å². The van der Waals surface area contributed by atoms with Gasteiger partial charge in [-0.05, 0) is 30.5 Å². The van der Waals surface area contributed by atoms with Crippen molar-refractivity contribution in [1.82, 2.24) is 5.32 Å². The molecule has 1 atom stereocenters. The number of halogens is 1. The van der Waals surface area contributed by atoms with Crippen LogP contribution < -0.4 is 10.1 Å². The van der Waals surface area contributed by atoms with Crippen molar-refractivity contribution >= 4 is 11.3 Å². The van der Waals surface area contributed by atoms with Crippen LogP contribution >= 0.6 is 11.3 Å². The highest BCUT2D eigenvalue weighted by molar-refractivity contribution is 7.10. The van der Waals surface area contributed by atoms with Gasteiger partial charge in [0.1, 0.15) is 11.6 Å². The van der Waals surface area contributed by atoms with Crippen LogP contribution in [0, 0.1) is 5.82 Å². The molecular weight excluding hydrogens is 261 g/mol. The van der Waals surface area contributed by atoms with E-state index in [1.165, 1.54) is 6.07 Å². The van der Waals surface area contributed by atoms with Gasteiger partial charge in [0.15, 0.2) is 0 Å². The number of hydrogen-bond donors (Lipinski definition) is 1. The first-order valence-electron chi connectivity index (χ1n) is 6.37. The summed E-state index contributed by atoms with van der Waals surface area (Å²) >= 11 is 1.58. The summed E-state index contributed by atoms with van der Waals surface area (Å²) in [5.41, 5.74) is 0.664. The first kappa shape index (κ1) is 14.0. The average Bonchev–Trinajstić information content (AvgIpc) is 2.89. The molecule has 1 N–H and O–H groups in total. The van der Waals surface area contributed by atoms with E-state index in [1.807, 2.05) is 23.6 Å². The fourth-order valence-corrected chi connectivity index (χ4v) is 2.98. The molecule has 1 aromatic heterocycles. The van der Waals surface area contributed by atoms with Gasteiger partial charge in [0, 0.05) is 5.56 Å². The minimum Gasteiger partial charge on any atom is -0.496 e. The number of methoxy groups -OCH3 is 1. The van der Waals surface area contributed by atoms with Gasteiger partial charge in [-0.1, -0.05) is 25.1 Å². The number of thiophene rings is 1. The first-order valence-corrected chi connectivity index (χ1v) is 7.25. The highest BCUT2D eigenvalue weighted by atomic mass is 32.1. The Hall–Kier alpha value is -1.39. The molecule has 0 spiro atoms. The zero-order valence-corrected chi connectivity index (χ0v) is 12.0. The maximum atomic E-state index is 14.0. The topological polar surface area (TPSA) is 21.3 Å².